The van der Waals surface area contributed by atoms with Gasteiger partial charge in [-0.2, -0.15) is 0 Å². The Morgan fingerprint density at radius 2 is 2.14 bits per heavy atom. The lowest BCUT2D eigenvalue weighted by molar-refractivity contribution is 0.415. The van der Waals surface area contributed by atoms with Gasteiger partial charge in [-0.3, -0.25) is 4.21 Å². The highest BCUT2D eigenvalue weighted by Crippen LogP contribution is 2.31. The van der Waals surface area contributed by atoms with E-state index in [9.17, 15) is 4.21 Å². The van der Waals surface area contributed by atoms with Crippen molar-refractivity contribution in [2.75, 3.05) is 19.1 Å². The summed E-state index contributed by atoms with van der Waals surface area (Å²) >= 11 is 6.29. The zero-order valence-electron chi connectivity index (χ0n) is 12.8. The zero-order chi connectivity index (χ0) is 15.6. The molecular formula is C15H21ClN2O2S. The van der Waals surface area contributed by atoms with Crippen LogP contribution in [-0.2, 0) is 10.8 Å². The van der Waals surface area contributed by atoms with Crippen LogP contribution in [0.15, 0.2) is 18.2 Å². The van der Waals surface area contributed by atoms with Gasteiger partial charge in [0.1, 0.15) is 11.6 Å². The van der Waals surface area contributed by atoms with Gasteiger partial charge in [-0.25, -0.2) is 4.98 Å². The van der Waals surface area contributed by atoms with Gasteiger partial charge < -0.3 is 9.30 Å². The van der Waals surface area contributed by atoms with Gasteiger partial charge in [0.05, 0.1) is 23.5 Å². The monoisotopic (exact) mass is 328 g/mol. The van der Waals surface area contributed by atoms with Crippen LogP contribution in [0.3, 0.4) is 0 Å². The normalized spacial score (nSPS) is 15.9. The maximum absolute atomic E-state index is 11.3. The highest BCUT2D eigenvalue weighted by atomic mass is 35.5. The minimum atomic E-state index is -0.796. The number of halogens is 1. The van der Waals surface area contributed by atoms with Crippen LogP contribution in [0.2, 0.25) is 0 Å². The van der Waals surface area contributed by atoms with Crippen LogP contribution in [0.25, 0.3) is 11.0 Å². The maximum Gasteiger partial charge on any atom is 0.127 e. The number of rotatable bonds is 6. The summed E-state index contributed by atoms with van der Waals surface area (Å²) in [4.78, 5) is 4.64. The van der Waals surface area contributed by atoms with Gasteiger partial charge in [0.15, 0.2) is 0 Å². The van der Waals surface area contributed by atoms with E-state index in [0.29, 0.717) is 5.75 Å². The number of hydrogen-bond acceptors (Lipinski definition) is 3. The Bertz CT molecular complexity index is 654. The molecule has 0 aliphatic rings. The maximum atomic E-state index is 11.3. The summed E-state index contributed by atoms with van der Waals surface area (Å²) in [6.45, 7) is 4.03. The molecule has 0 bridgehead atoms. The quantitative estimate of drug-likeness (QED) is 0.760. The number of alkyl halides is 1. The number of methoxy groups -OCH3 is 1. The Balaban J connectivity index is 2.50. The highest BCUT2D eigenvalue weighted by Gasteiger charge is 2.19. The molecule has 0 aliphatic carbocycles. The molecule has 0 saturated carbocycles. The predicted molar refractivity (Wildman–Crippen MR) is 88.8 cm³/mol. The molecule has 1 heterocycles. The fourth-order valence-corrected chi connectivity index (χ4v) is 3.25. The molecule has 3 atom stereocenters. The second kappa shape index (κ2) is 6.79. The third kappa shape index (κ3) is 3.58. The smallest absolute Gasteiger partial charge is 0.127 e. The molecule has 0 saturated heterocycles. The summed E-state index contributed by atoms with van der Waals surface area (Å²) in [5.74, 6) is 2.30. The van der Waals surface area contributed by atoms with E-state index >= 15 is 0 Å². The van der Waals surface area contributed by atoms with Gasteiger partial charge in [-0.15, -0.1) is 11.6 Å². The molecule has 1 aromatic heterocycles. The Hall–Kier alpha value is -1.07. The van der Waals surface area contributed by atoms with E-state index in [-0.39, 0.29) is 11.4 Å². The van der Waals surface area contributed by atoms with Crippen molar-refractivity contribution in [3.05, 3.63) is 24.0 Å². The molecule has 21 heavy (non-hydrogen) atoms. The Morgan fingerprint density at radius 1 is 1.43 bits per heavy atom. The second-order valence-electron chi connectivity index (χ2n) is 5.23. The average Bonchev–Trinajstić information content (AvgIpc) is 2.83. The van der Waals surface area contributed by atoms with Crippen LogP contribution in [0.1, 0.15) is 37.5 Å². The van der Waals surface area contributed by atoms with E-state index in [4.69, 9.17) is 16.3 Å². The summed E-state index contributed by atoms with van der Waals surface area (Å²) in [6.07, 6.45) is 2.55. The summed E-state index contributed by atoms with van der Waals surface area (Å²) < 4.78 is 18.8. The number of imidazole rings is 1. The fraction of sp³-hybridized carbons (Fsp3) is 0.533. The molecule has 0 aliphatic heterocycles. The second-order valence-corrected chi connectivity index (χ2v) is 7.43. The van der Waals surface area contributed by atoms with Crippen LogP contribution in [0.4, 0.5) is 0 Å². The molecule has 0 fully saturated rings. The molecule has 2 rings (SSSR count). The predicted octanol–water partition coefficient (Wildman–Crippen LogP) is 3.67. The number of hydrogen-bond donors (Lipinski definition) is 0. The van der Waals surface area contributed by atoms with E-state index in [0.717, 1.165) is 29.0 Å². The molecule has 0 radical (unpaired) electrons. The molecule has 0 amide bonds. The number of aromatic nitrogens is 2. The molecule has 3 unspecified atom stereocenters. The van der Waals surface area contributed by atoms with Gasteiger partial charge >= 0.3 is 0 Å². The first-order valence-electron chi connectivity index (χ1n) is 6.94. The van der Waals surface area contributed by atoms with Crippen LogP contribution in [0.5, 0.6) is 5.75 Å². The third-order valence-corrected chi connectivity index (χ3v) is 4.55. The van der Waals surface area contributed by atoms with Crippen LogP contribution >= 0.6 is 11.6 Å². The molecule has 2 aromatic rings. The Kier molecular flexibility index (Phi) is 5.27. The Morgan fingerprint density at radius 3 is 2.71 bits per heavy atom. The lowest BCUT2D eigenvalue weighted by Crippen LogP contribution is -2.12. The Labute approximate surface area is 132 Å². The lowest BCUT2D eigenvalue weighted by atomic mass is 10.2. The number of benzene rings is 1. The molecular weight excluding hydrogens is 308 g/mol. The van der Waals surface area contributed by atoms with E-state index in [1.807, 2.05) is 25.1 Å². The minimum Gasteiger partial charge on any atom is -0.497 e. The van der Waals surface area contributed by atoms with Crippen molar-refractivity contribution in [3.8, 4) is 5.75 Å². The van der Waals surface area contributed by atoms with E-state index in [1.54, 1.807) is 13.4 Å². The highest BCUT2D eigenvalue weighted by molar-refractivity contribution is 7.84. The largest absolute Gasteiger partial charge is 0.497 e. The first-order chi connectivity index (χ1) is 9.93. The number of ether oxygens (including phenoxy) is 1. The third-order valence-electron chi connectivity index (χ3n) is 3.54. The summed E-state index contributed by atoms with van der Waals surface area (Å²) in [7, 11) is 0.853. The summed E-state index contributed by atoms with van der Waals surface area (Å²) in [5, 5.41) is -0.182. The van der Waals surface area contributed by atoms with Crippen molar-refractivity contribution in [2.45, 2.75) is 31.7 Å². The number of fused-ring (bicyclic) bond motifs is 1. The molecule has 6 heteroatoms. The SMILES string of the molecule is COc1ccc2nc(C(C)Cl)n(C(C)CCS(C)=O)c2c1. The summed E-state index contributed by atoms with van der Waals surface area (Å²) in [6, 6.07) is 6.00. The topological polar surface area (TPSA) is 44.1 Å². The van der Waals surface area contributed by atoms with Crippen LogP contribution in [-0.4, -0.2) is 32.9 Å². The van der Waals surface area contributed by atoms with E-state index < -0.39 is 10.8 Å². The van der Waals surface area contributed by atoms with E-state index in [2.05, 4.69) is 16.5 Å². The van der Waals surface area contributed by atoms with Gasteiger partial charge in [-0.1, -0.05) is 0 Å². The van der Waals surface area contributed by atoms with Crippen molar-refractivity contribution >= 4 is 33.4 Å². The van der Waals surface area contributed by atoms with Gasteiger partial charge in [-0.05, 0) is 32.4 Å². The van der Waals surface area contributed by atoms with E-state index in [1.165, 1.54) is 0 Å². The summed E-state index contributed by atoms with van der Waals surface area (Å²) in [5.41, 5.74) is 1.91. The zero-order valence-corrected chi connectivity index (χ0v) is 14.4. The molecule has 0 N–H and O–H groups in total. The van der Waals surface area contributed by atoms with Crippen LogP contribution < -0.4 is 4.74 Å². The van der Waals surface area contributed by atoms with Crippen LogP contribution in [0, 0.1) is 0 Å². The van der Waals surface area contributed by atoms with Crippen molar-refractivity contribution < 1.29 is 8.95 Å². The molecule has 1 aromatic carbocycles. The first kappa shape index (κ1) is 16.3. The van der Waals surface area contributed by atoms with Gasteiger partial charge in [0.25, 0.3) is 0 Å². The lowest BCUT2D eigenvalue weighted by Gasteiger charge is -2.18. The van der Waals surface area contributed by atoms with Crippen molar-refractivity contribution in [1.82, 2.24) is 9.55 Å². The van der Waals surface area contributed by atoms with Gasteiger partial charge in [0, 0.05) is 34.9 Å². The van der Waals surface area contributed by atoms with Crippen molar-refractivity contribution in [2.24, 2.45) is 0 Å². The standard InChI is InChI=1S/C15H21ClN2O2S/c1-10(7-8-21(4)19)18-14-9-12(20-3)5-6-13(14)17-15(18)11(2)16/h5-6,9-11H,7-8H2,1-4H3. The number of nitrogens with zero attached hydrogens (tertiary/aromatic N) is 2. The van der Waals surface area contributed by atoms with Crippen molar-refractivity contribution in [1.29, 1.82) is 0 Å². The van der Waals surface area contributed by atoms with Crippen molar-refractivity contribution in [3.63, 3.8) is 0 Å². The fourth-order valence-electron chi connectivity index (χ4n) is 2.43. The molecule has 0 spiro atoms. The minimum absolute atomic E-state index is 0.182. The average molecular weight is 329 g/mol. The first-order valence-corrected chi connectivity index (χ1v) is 9.10. The molecule has 116 valence electrons. The molecule has 4 nitrogen and oxygen atoms in total. The van der Waals surface area contributed by atoms with Gasteiger partial charge in [0.2, 0.25) is 0 Å².